The first kappa shape index (κ1) is 31.3. The molecule has 0 unspecified atom stereocenters. The topological polar surface area (TPSA) is 51.8 Å². The van der Waals surface area contributed by atoms with Gasteiger partial charge in [-0.05, 0) is 72.2 Å². The van der Waals surface area contributed by atoms with E-state index < -0.39 is 0 Å². The average Bonchev–Trinajstić information content (AvgIpc) is 3.60. The van der Waals surface area contributed by atoms with E-state index in [0.29, 0.717) is 5.71 Å². The van der Waals surface area contributed by atoms with Crippen molar-refractivity contribution in [3.8, 4) is 22.5 Å². The Hall–Kier alpha value is -3.70. The standard InChI is InChI=1S/C27H25N2OS.C12H10N.Ir/c1-15-9-10-17-16-7-6-8-18(23(16)30-25(17)29-15)20-13-21-19(14-28-20)22-24(31-21)27(4,5)12-11-26(22,2)3;1-10-7-8-12(13-9-10)11-5-3-2-4-6-11;/h6-7,9-10,13-14H,11-12H2,1-5H3;2-5,7-9H,1H3;/q2*-1;. The first-order valence-corrected chi connectivity index (χ1v) is 16.0. The number of hydrogen-bond acceptors (Lipinski definition) is 5. The van der Waals surface area contributed by atoms with E-state index in [1.54, 1.807) is 0 Å². The number of fused-ring (bicyclic) bond motifs is 6. The first-order valence-electron chi connectivity index (χ1n) is 15.1. The molecule has 0 aliphatic heterocycles. The maximum atomic E-state index is 6.20. The minimum Gasteiger partial charge on any atom is -0.486 e. The fraction of sp³-hybridized carbons (Fsp3) is 0.256. The molecule has 0 N–H and O–H groups in total. The Kier molecular flexibility index (Phi) is 8.28. The van der Waals surface area contributed by atoms with Crippen molar-refractivity contribution in [2.24, 2.45) is 0 Å². The molecule has 0 bridgehead atoms. The van der Waals surface area contributed by atoms with E-state index in [0.717, 1.165) is 44.6 Å². The van der Waals surface area contributed by atoms with Gasteiger partial charge in [0.1, 0.15) is 0 Å². The van der Waals surface area contributed by atoms with Gasteiger partial charge in [-0.15, -0.1) is 65.4 Å². The van der Waals surface area contributed by atoms with Gasteiger partial charge in [-0.2, -0.15) is 0 Å². The van der Waals surface area contributed by atoms with Crippen molar-refractivity contribution in [3.63, 3.8) is 0 Å². The third kappa shape index (κ3) is 5.76. The summed E-state index contributed by atoms with van der Waals surface area (Å²) < 4.78 is 7.50. The van der Waals surface area contributed by atoms with Crippen molar-refractivity contribution in [1.82, 2.24) is 15.0 Å². The van der Waals surface area contributed by atoms with Crippen LogP contribution in [0.3, 0.4) is 0 Å². The van der Waals surface area contributed by atoms with E-state index in [1.165, 1.54) is 38.9 Å². The molecule has 0 fully saturated rings. The van der Waals surface area contributed by atoms with Crippen LogP contribution in [0.5, 0.6) is 0 Å². The molecule has 8 rings (SSSR count). The summed E-state index contributed by atoms with van der Waals surface area (Å²) in [6.45, 7) is 13.5. The molecule has 0 saturated heterocycles. The van der Waals surface area contributed by atoms with Gasteiger partial charge in [-0.3, -0.25) is 0 Å². The fourth-order valence-electron chi connectivity index (χ4n) is 6.23. The van der Waals surface area contributed by atoms with Gasteiger partial charge in [0.05, 0.1) is 5.58 Å². The second-order valence-corrected chi connectivity index (χ2v) is 14.2. The molecule has 1 aliphatic carbocycles. The number of aromatic nitrogens is 3. The second kappa shape index (κ2) is 11.9. The van der Waals surface area contributed by atoms with Crippen molar-refractivity contribution < 1.29 is 24.5 Å². The van der Waals surface area contributed by atoms with Gasteiger partial charge in [0.25, 0.3) is 0 Å². The summed E-state index contributed by atoms with van der Waals surface area (Å²) in [4.78, 5) is 15.3. The molecule has 2 aromatic carbocycles. The van der Waals surface area contributed by atoms with Gasteiger partial charge >= 0.3 is 0 Å². The molecule has 7 aromatic rings. The fourth-order valence-corrected chi connectivity index (χ4v) is 7.75. The third-order valence-electron chi connectivity index (χ3n) is 8.83. The summed E-state index contributed by atoms with van der Waals surface area (Å²) in [6.07, 6.45) is 6.37. The third-order valence-corrected chi connectivity index (χ3v) is 10.3. The zero-order valence-electron chi connectivity index (χ0n) is 26.4. The number of furan rings is 1. The van der Waals surface area contributed by atoms with E-state index >= 15 is 0 Å². The summed E-state index contributed by atoms with van der Waals surface area (Å²) >= 11 is 1.93. The van der Waals surface area contributed by atoms with Gasteiger partial charge in [0, 0.05) is 58.5 Å². The predicted octanol–water partition coefficient (Wildman–Crippen LogP) is 10.6. The Bertz CT molecular complexity index is 2140. The van der Waals surface area contributed by atoms with Gasteiger partial charge in [-0.25, -0.2) is 4.98 Å². The van der Waals surface area contributed by atoms with Gasteiger partial charge < -0.3 is 14.4 Å². The average molecular weight is 786 g/mol. The van der Waals surface area contributed by atoms with Crippen LogP contribution in [0.2, 0.25) is 0 Å². The molecule has 6 heteroatoms. The Morgan fingerprint density at radius 1 is 0.778 bits per heavy atom. The van der Waals surface area contributed by atoms with Crippen LogP contribution in [0.1, 0.15) is 62.2 Å². The maximum Gasteiger partial charge on any atom is 0.216 e. The normalized spacial score (nSPS) is 14.9. The number of nitrogens with zero attached hydrogens (tertiary/aromatic N) is 3. The quantitative estimate of drug-likeness (QED) is 0.164. The van der Waals surface area contributed by atoms with Crippen LogP contribution in [0.15, 0.2) is 83.5 Å². The van der Waals surface area contributed by atoms with Crippen LogP contribution in [0.25, 0.3) is 54.7 Å². The molecule has 4 nitrogen and oxygen atoms in total. The molecule has 0 atom stereocenters. The Morgan fingerprint density at radius 3 is 2.33 bits per heavy atom. The van der Waals surface area contributed by atoms with Crippen molar-refractivity contribution in [2.75, 3.05) is 0 Å². The molecule has 1 radical (unpaired) electrons. The number of benzene rings is 2. The van der Waals surface area contributed by atoms with Crippen LogP contribution in [-0.4, -0.2) is 15.0 Å². The Labute approximate surface area is 282 Å². The maximum absolute atomic E-state index is 6.20. The molecule has 5 aromatic heterocycles. The zero-order valence-corrected chi connectivity index (χ0v) is 29.6. The van der Waals surface area contributed by atoms with Crippen LogP contribution in [0, 0.1) is 26.0 Å². The van der Waals surface area contributed by atoms with E-state index in [9.17, 15) is 0 Å². The first-order chi connectivity index (χ1) is 21.1. The van der Waals surface area contributed by atoms with Crippen molar-refractivity contribution >= 4 is 43.5 Å². The largest absolute Gasteiger partial charge is 0.486 e. The molecule has 45 heavy (non-hydrogen) atoms. The van der Waals surface area contributed by atoms with Crippen LogP contribution in [0.4, 0.5) is 0 Å². The van der Waals surface area contributed by atoms with E-state index in [1.807, 2.05) is 73.8 Å². The molecule has 229 valence electrons. The zero-order chi connectivity index (χ0) is 30.6. The van der Waals surface area contributed by atoms with Crippen LogP contribution < -0.4 is 0 Å². The van der Waals surface area contributed by atoms with E-state index in [4.69, 9.17) is 9.40 Å². The SMILES string of the molecule is Cc1ccc(-c2[c-]cccc2)nc1.Cc1ccc2c(n1)oc1c(-c3cc4sc5c(c4cn3)C(C)(C)CCC5(C)C)[c-]ccc12.[Ir]. The number of pyridine rings is 3. The minimum absolute atomic E-state index is 0. The molecule has 1 aliphatic rings. The summed E-state index contributed by atoms with van der Waals surface area (Å²) in [5.41, 5.74) is 9.33. The number of aryl methyl sites for hydroxylation is 2. The van der Waals surface area contributed by atoms with E-state index in [-0.39, 0.29) is 30.9 Å². The summed E-state index contributed by atoms with van der Waals surface area (Å²) in [6, 6.07) is 28.8. The monoisotopic (exact) mass is 786 g/mol. The summed E-state index contributed by atoms with van der Waals surface area (Å²) in [5.74, 6) is 0. The molecule has 0 spiro atoms. The van der Waals surface area contributed by atoms with Crippen LogP contribution in [-0.2, 0) is 30.9 Å². The van der Waals surface area contributed by atoms with Crippen molar-refractivity contribution in [3.05, 3.63) is 113 Å². The predicted molar refractivity (Wildman–Crippen MR) is 182 cm³/mol. The van der Waals surface area contributed by atoms with Gasteiger partial charge in [0.15, 0.2) is 0 Å². The second-order valence-electron chi connectivity index (χ2n) is 13.1. The molecular formula is C39H35IrN3OS-2. The molecule has 5 heterocycles. The van der Waals surface area contributed by atoms with Crippen LogP contribution >= 0.6 is 11.3 Å². The number of hydrogen-bond donors (Lipinski definition) is 0. The van der Waals surface area contributed by atoms with Gasteiger partial charge in [0.2, 0.25) is 5.71 Å². The van der Waals surface area contributed by atoms with Gasteiger partial charge in [-0.1, -0.05) is 56.8 Å². The Morgan fingerprint density at radius 2 is 1.58 bits per heavy atom. The Balaban J connectivity index is 0.000000215. The molecular weight excluding hydrogens is 751 g/mol. The van der Waals surface area contributed by atoms with Crippen molar-refractivity contribution in [1.29, 1.82) is 0 Å². The number of thiophene rings is 1. The molecule has 0 saturated carbocycles. The number of rotatable bonds is 2. The smallest absolute Gasteiger partial charge is 0.216 e. The summed E-state index contributed by atoms with van der Waals surface area (Å²) in [7, 11) is 0. The minimum atomic E-state index is 0. The summed E-state index contributed by atoms with van der Waals surface area (Å²) in [5, 5.41) is 3.40. The van der Waals surface area contributed by atoms with Crippen molar-refractivity contribution in [2.45, 2.75) is 65.2 Å². The molecule has 0 amide bonds. The van der Waals surface area contributed by atoms with E-state index in [2.05, 4.69) is 80.3 Å².